The van der Waals surface area contributed by atoms with Crippen molar-refractivity contribution in [3.63, 3.8) is 0 Å². The highest BCUT2D eigenvalue weighted by Crippen LogP contribution is 2.11. The molecule has 0 atom stereocenters. The van der Waals surface area contributed by atoms with Gasteiger partial charge in [0.05, 0.1) is 0 Å². The molecular formula is C13H14INS. The van der Waals surface area contributed by atoms with Gasteiger partial charge in [0.25, 0.3) is 0 Å². The summed E-state index contributed by atoms with van der Waals surface area (Å²) in [6.07, 6.45) is 6.43. The number of aryl methyl sites for hydroxylation is 1. The topological polar surface area (TPSA) is 3.88 Å². The van der Waals surface area contributed by atoms with Crippen molar-refractivity contribution in [1.29, 1.82) is 0 Å². The van der Waals surface area contributed by atoms with Gasteiger partial charge in [-0.05, 0) is 30.5 Å². The Morgan fingerprint density at radius 3 is 2.75 bits per heavy atom. The molecule has 84 valence electrons. The van der Waals surface area contributed by atoms with E-state index in [-0.39, 0.29) is 24.0 Å². The van der Waals surface area contributed by atoms with Gasteiger partial charge in [-0.1, -0.05) is 6.07 Å². The van der Waals surface area contributed by atoms with Gasteiger partial charge in [0.2, 0.25) is 5.69 Å². The fourth-order valence-electron chi connectivity index (χ4n) is 1.48. The Morgan fingerprint density at radius 2 is 2.06 bits per heavy atom. The fraction of sp³-hybridized carbons (Fsp3) is 0.154. The fourth-order valence-corrected chi connectivity index (χ4v) is 2.10. The minimum atomic E-state index is 0. The molecule has 0 unspecified atom stereocenters. The minimum Gasteiger partial charge on any atom is -1.00 e. The van der Waals surface area contributed by atoms with Crippen LogP contribution in [0.2, 0.25) is 0 Å². The van der Waals surface area contributed by atoms with Crippen molar-refractivity contribution in [2.75, 3.05) is 0 Å². The van der Waals surface area contributed by atoms with Crippen LogP contribution in [0.1, 0.15) is 17.5 Å². The van der Waals surface area contributed by atoms with E-state index in [1.807, 2.05) is 0 Å². The van der Waals surface area contributed by atoms with E-state index in [0.29, 0.717) is 0 Å². The first-order valence-electron chi connectivity index (χ1n) is 5.10. The summed E-state index contributed by atoms with van der Waals surface area (Å²) in [5, 5.41) is 2.10. The zero-order valence-corrected chi connectivity index (χ0v) is 12.1. The van der Waals surface area contributed by atoms with Crippen LogP contribution >= 0.6 is 11.3 Å². The van der Waals surface area contributed by atoms with Gasteiger partial charge in [-0.15, -0.1) is 11.3 Å². The van der Waals surface area contributed by atoms with Gasteiger partial charge in [0.15, 0.2) is 6.20 Å². The third-order valence-corrected chi connectivity index (χ3v) is 3.12. The molecule has 0 bridgehead atoms. The molecule has 0 aliphatic heterocycles. The maximum Gasteiger partial charge on any atom is 0.205 e. The minimum absolute atomic E-state index is 0. The van der Waals surface area contributed by atoms with E-state index in [0.717, 1.165) is 6.54 Å². The van der Waals surface area contributed by atoms with E-state index in [4.69, 9.17) is 0 Å². The van der Waals surface area contributed by atoms with Crippen LogP contribution in [0.4, 0.5) is 0 Å². The molecule has 0 fully saturated rings. The highest BCUT2D eigenvalue weighted by atomic mass is 127. The number of aromatic nitrogens is 1. The predicted octanol–water partition coefficient (Wildman–Crippen LogP) is 0.230. The Labute approximate surface area is 117 Å². The van der Waals surface area contributed by atoms with Crippen molar-refractivity contribution in [3.8, 4) is 0 Å². The maximum absolute atomic E-state index is 2.23. The van der Waals surface area contributed by atoms with Crippen LogP contribution in [0.5, 0.6) is 0 Å². The van der Waals surface area contributed by atoms with Crippen LogP contribution in [0.3, 0.4) is 0 Å². The molecule has 0 N–H and O–H groups in total. The number of hydrogen-bond donors (Lipinski definition) is 0. The van der Waals surface area contributed by atoms with Gasteiger partial charge < -0.3 is 24.0 Å². The van der Waals surface area contributed by atoms with E-state index in [1.165, 1.54) is 10.6 Å². The number of pyridine rings is 1. The highest BCUT2D eigenvalue weighted by Gasteiger charge is 2.01. The first kappa shape index (κ1) is 13.4. The lowest BCUT2D eigenvalue weighted by Gasteiger charge is -1.95. The van der Waals surface area contributed by atoms with Crippen LogP contribution in [0, 0.1) is 0 Å². The third kappa shape index (κ3) is 3.42. The van der Waals surface area contributed by atoms with Gasteiger partial charge in [-0.3, -0.25) is 0 Å². The number of rotatable bonds is 3. The van der Waals surface area contributed by atoms with Crippen LogP contribution in [0.15, 0.2) is 41.9 Å². The second kappa shape index (κ2) is 6.81. The molecule has 0 radical (unpaired) electrons. The molecule has 3 heteroatoms. The quantitative estimate of drug-likeness (QED) is 0.555. The number of nitrogens with zero attached hydrogens (tertiary/aromatic N) is 1. The smallest absolute Gasteiger partial charge is 0.205 e. The number of hydrogen-bond acceptors (Lipinski definition) is 1. The molecule has 0 aromatic carbocycles. The Bertz CT molecular complexity index is 449. The summed E-state index contributed by atoms with van der Waals surface area (Å²) < 4.78 is 2.23. The van der Waals surface area contributed by atoms with E-state index in [9.17, 15) is 0 Å². The van der Waals surface area contributed by atoms with Crippen molar-refractivity contribution in [2.24, 2.45) is 0 Å². The first-order valence-corrected chi connectivity index (χ1v) is 5.98. The summed E-state index contributed by atoms with van der Waals surface area (Å²) in [6, 6.07) is 10.5. The molecule has 2 aromatic rings. The third-order valence-electron chi connectivity index (χ3n) is 2.28. The Morgan fingerprint density at radius 1 is 1.19 bits per heavy atom. The number of thiophene rings is 1. The lowest BCUT2D eigenvalue weighted by atomic mass is 10.3. The maximum atomic E-state index is 2.23. The summed E-state index contributed by atoms with van der Waals surface area (Å²) in [7, 11) is 0. The molecule has 16 heavy (non-hydrogen) atoms. The van der Waals surface area contributed by atoms with Crippen molar-refractivity contribution < 1.29 is 28.5 Å². The summed E-state index contributed by atoms with van der Waals surface area (Å²) >= 11 is 1.76. The molecule has 2 rings (SSSR count). The van der Waals surface area contributed by atoms with Crippen LogP contribution in [0.25, 0.3) is 12.2 Å². The largest absolute Gasteiger partial charge is 1.00 e. The molecule has 2 heterocycles. The van der Waals surface area contributed by atoms with Crippen LogP contribution in [-0.4, -0.2) is 0 Å². The summed E-state index contributed by atoms with van der Waals surface area (Å²) in [4.78, 5) is 1.29. The van der Waals surface area contributed by atoms with Gasteiger partial charge >= 0.3 is 0 Å². The molecule has 0 amide bonds. The normalized spacial score (nSPS) is 10.3. The van der Waals surface area contributed by atoms with Crippen molar-refractivity contribution in [1.82, 2.24) is 0 Å². The average molecular weight is 343 g/mol. The molecular weight excluding hydrogens is 329 g/mol. The Balaban J connectivity index is 0.00000128. The second-order valence-corrected chi connectivity index (χ2v) is 4.24. The zero-order chi connectivity index (χ0) is 10.5. The van der Waals surface area contributed by atoms with Crippen molar-refractivity contribution in [3.05, 3.63) is 52.5 Å². The van der Waals surface area contributed by atoms with Gasteiger partial charge in [-0.2, -0.15) is 4.57 Å². The molecule has 0 spiro atoms. The lowest BCUT2D eigenvalue weighted by molar-refractivity contribution is -0.695. The van der Waals surface area contributed by atoms with E-state index in [2.05, 4.69) is 65.6 Å². The van der Waals surface area contributed by atoms with E-state index in [1.54, 1.807) is 11.3 Å². The SMILES string of the molecule is CC[n+]1ccccc1C=Cc1cccs1.[I-]. The lowest BCUT2D eigenvalue weighted by Crippen LogP contribution is -3.00. The molecule has 2 aromatic heterocycles. The van der Waals surface area contributed by atoms with Gasteiger partial charge in [0, 0.05) is 23.1 Å². The molecule has 0 saturated carbocycles. The van der Waals surface area contributed by atoms with Gasteiger partial charge in [-0.25, -0.2) is 0 Å². The van der Waals surface area contributed by atoms with Crippen LogP contribution < -0.4 is 28.5 Å². The molecule has 1 nitrogen and oxygen atoms in total. The van der Waals surface area contributed by atoms with E-state index >= 15 is 0 Å². The average Bonchev–Trinajstić information content (AvgIpc) is 2.79. The monoisotopic (exact) mass is 343 g/mol. The Kier molecular flexibility index (Phi) is 5.69. The second-order valence-electron chi connectivity index (χ2n) is 3.26. The van der Waals surface area contributed by atoms with E-state index < -0.39 is 0 Å². The molecule has 0 saturated heterocycles. The van der Waals surface area contributed by atoms with Gasteiger partial charge in [0.1, 0.15) is 6.54 Å². The van der Waals surface area contributed by atoms with Crippen molar-refractivity contribution >= 4 is 23.5 Å². The Hall–Kier alpha value is -0.680. The standard InChI is InChI=1S/C13H14NS.HI/c1-2-14-10-4-3-6-12(14)8-9-13-7-5-11-15-13;/h3-11H,2H2,1H3;1H/q+1;/p-1. The highest BCUT2D eigenvalue weighted by molar-refractivity contribution is 7.10. The molecule has 0 aliphatic rings. The first-order chi connectivity index (χ1) is 7.40. The summed E-state index contributed by atoms with van der Waals surface area (Å²) in [5.41, 5.74) is 1.24. The predicted molar refractivity (Wildman–Crippen MR) is 65.6 cm³/mol. The molecule has 0 aliphatic carbocycles. The van der Waals surface area contributed by atoms with Crippen LogP contribution in [-0.2, 0) is 6.54 Å². The summed E-state index contributed by atoms with van der Waals surface area (Å²) in [5.74, 6) is 0. The van der Waals surface area contributed by atoms with Crippen molar-refractivity contribution in [2.45, 2.75) is 13.5 Å². The summed E-state index contributed by atoms with van der Waals surface area (Å²) in [6.45, 7) is 3.16. The number of halogens is 1. The zero-order valence-electron chi connectivity index (χ0n) is 9.14.